The maximum atomic E-state index is 11.2. The summed E-state index contributed by atoms with van der Waals surface area (Å²) in [5.74, 6) is 0.723. The Bertz CT molecular complexity index is 370. The zero-order valence-corrected chi connectivity index (χ0v) is 7.75. The highest BCUT2D eigenvalue weighted by Crippen LogP contribution is 2.16. The van der Waals surface area contributed by atoms with Crippen molar-refractivity contribution in [3.63, 3.8) is 0 Å². The molecule has 1 aromatic rings. The van der Waals surface area contributed by atoms with E-state index >= 15 is 0 Å². The van der Waals surface area contributed by atoms with E-state index in [9.17, 15) is 8.42 Å². The summed E-state index contributed by atoms with van der Waals surface area (Å²) in [6.07, 6.45) is 2.95. The molecule has 6 heteroatoms. The maximum absolute atomic E-state index is 11.2. The van der Waals surface area contributed by atoms with E-state index in [4.69, 9.17) is 4.42 Å². The standard InChI is InChI=1S/C7H10N2O3S/c10-13(11)4-2-8-6(5-13)7-9-1-3-12-7/h1,3,6,8H,2,4-5H2. The van der Waals surface area contributed by atoms with Gasteiger partial charge in [-0.3, -0.25) is 0 Å². The quantitative estimate of drug-likeness (QED) is 0.679. The van der Waals surface area contributed by atoms with E-state index < -0.39 is 9.84 Å². The third kappa shape index (κ3) is 1.89. The van der Waals surface area contributed by atoms with Crippen LogP contribution in [0.5, 0.6) is 0 Å². The molecule has 1 aliphatic rings. The third-order valence-corrected chi connectivity index (χ3v) is 3.64. The lowest BCUT2D eigenvalue weighted by molar-refractivity contribution is 0.412. The molecular weight excluding hydrogens is 192 g/mol. The zero-order chi connectivity index (χ0) is 9.31. The molecule has 0 aromatic carbocycles. The van der Waals surface area contributed by atoms with Crippen LogP contribution in [0.15, 0.2) is 16.9 Å². The number of nitrogens with one attached hydrogen (secondary N) is 1. The van der Waals surface area contributed by atoms with Crippen molar-refractivity contribution in [2.24, 2.45) is 0 Å². The van der Waals surface area contributed by atoms with Crippen LogP contribution in [0.3, 0.4) is 0 Å². The number of aromatic nitrogens is 1. The molecule has 1 N–H and O–H groups in total. The number of rotatable bonds is 1. The fraction of sp³-hybridized carbons (Fsp3) is 0.571. The molecule has 13 heavy (non-hydrogen) atoms. The molecule has 1 fully saturated rings. The fourth-order valence-corrected chi connectivity index (χ4v) is 2.71. The van der Waals surface area contributed by atoms with Gasteiger partial charge in [0.25, 0.3) is 0 Å². The van der Waals surface area contributed by atoms with Gasteiger partial charge in [-0.2, -0.15) is 0 Å². The minimum atomic E-state index is -2.92. The predicted octanol–water partition coefficient (Wildman–Crippen LogP) is -0.266. The lowest BCUT2D eigenvalue weighted by atomic mass is 10.3. The van der Waals surface area contributed by atoms with Crippen LogP contribution in [0.2, 0.25) is 0 Å². The van der Waals surface area contributed by atoms with Gasteiger partial charge in [0.05, 0.1) is 23.7 Å². The molecule has 0 amide bonds. The first kappa shape index (κ1) is 8.71. The summed E-state index contributed by atoms with van der Waals surface area (Å²) in [4.78, 5) is 3.91. The van der Waals surface area contributed by atoms with Crippen molar-refractivity contribution in [2.75, 3.05) is 18.1 Å². The largest absolute Gasteiger partial charge is 0.447 e. The van der Waals surface area contributed by atoms with Crippen molar-refractivity contribution in [1.82, 2.24) is 10.3 Å². The molecular formula is C7H10N2O3S. The van der Waals surface area contributed by atoms with Crippen LogP contribution in [-0.2, 0) is 9.84 Å². The number of hydrogen-bond donors (Lipinski definition) is 1. The molecule has 0 aliphatic carbocycles. The summed E-state index contributed by atoms with van der Waals surface area (Å²) in [6, 6.07) is -0.284. The Morgan fingerprint density at radius 3 is 3.08 bits per heavy atom. The second kappa shape index (κ2) is 3.12. The molecule has 1 aliphatic heterocycles. The predicted molar refractivity (Wildman–Crippen MR) is 45.9 cm³/mol. The molecule has 2 rings (SSSR count). The van der Waals surface area contributed by atoms with Crippen molar-refractivity contribution >= 4 is 9.84 Å². The Kier molecular flexibility index (Phi) is 2.09. The molecule has 5 nitrogen and oxygen atoms in total. The average molecular weight is 202 g/mol. The Hall–Kier alpha value is -0.880. The first-order chi connectivity index (χ1) is 6.17. The molecule has 1 unspecified atom stereocenters. The van der Waals surface area contributed by atoms with Gasteiger partial charge < -0.3 is 9.73 Å². The van der Waals surface area contributed by atoms with Crippen molar-refractivity contribution in [1.29, 1.82) is 0 Å². The zero-order valence-electron chi connectivity index (χ0n) is 6.93. The normalized spacial score (nSPS) is 27.2. The van der Waals surface area contributed by atoms with Crippen LogP contribution in [0.4, 0.5) is 0 Å². The lowest BCUT2D eigenvalue weighted by Crippen LogP contribution is -2.39. The van der Waals surface area contributed by atoms with Crippen molar-refractivity contribution in [3.8, 4) is 0 Å². The minimum absolute atomic E-state index is 0.0769. The van der Waals surface area contributed by atoms with Gasteiger partial charge in [-0.1, -0.05) is 0 Å². The summed E-state index contributed by atoms with van der Waals surface area (Å²) in [6.45, 7) is 0.468. The first-order valence-corrected chi connectivity index (χ1v) is 5.83. The number of oxazole rings is 1. The second-order valence-corrected chi connectivity index (χ2v) is 5.22. The molecule has 0 spiro atoms. The molecule has 0 bridgehead atoms. The molecule has 2 heterocycles. The van der Waals surface area contributed by atoms with Gasteiger partial charge in [-0.05, 0) is 0 Å². The Morgan fingerprint density at radius 2 is 2.46 bits per heavy atom. The minimum Gasteiger partial charge on any atom is -0.447 e. The van der Waals surface area contributed by atoms with Gasteiger partial charge in [0.2, 0.25) is 5.89 Å². The summed E-state index contributed by atoms with van der Waals surface area (Å²) < 4.78 is 27.5. The second-order valence-electron chi connectivity index (χ2n) is 2.99. The SMILES string of the molecule is O=S1(=O)CCNC(c2ncco2)C1. The maximum Gasteiger partial charge on any atom is 0.212 e. The van der Waals surface area contributed by atoms with E-state index in [0.29, 0.717) is 12.4 Å². The number of nitrogens with zero attached hydrogens (tertiary/aromatic N) is 1. The molecule has 1 saturated heterocycles. The molecule has 0 saturated carbocycles. The summed E-state index contributed by atoms with van der Waals surface area (Å²) >= 11 is 0. The van der Waals surface area contributed by atoms with E-state index in [1.165, 1.54) is 12.5 Å². The van der Waals surface area contributed by atoms with Crippen molar-refractivity contribution < 1.29 is 12.8 Å². The highest BCUT2D eigenvalue weighted by Gasteiger charge is 2.27. The number of sulfone groups is 1. The van der Waals surface area contributed by atoms with E-state index in [0.717, 1.165) is 0 Å². The summed E-state index contributed by atoms with van der Waals surface area (Å²) in [7, 11) is -2.92. The van der Waals surface area contributed by atoms with Gasteiger partial charge >= 0.3 is 0 Å². The fourth-order valence-electron chi connectivity index (χ4n) is 1.35. The highest BCUT2D eigenvalue weighted by molar-refractivity contribution is 7.91. The number of hydrogen-bond acceptors (Lipinski definition) is 5. The topological polar surface area (TPSA) is 72.2 Å². The van der Waals surface area contributed by atoms with Crippen LogP contribution >= 0.6 is 0 Å². The molecule has 1 aromatic heterocycles. The van der Waals surface area contributed by atoms with Crippen molar-refractivity contribution in [2.45, 2.75) is 6.04 Å². The first-order valence-electron chi connectivity index (χ1n) is 4.00. The summed E-state index contributed by atoms with van der Waals surface area (Å²) in [5, 5.41) is 3.04. The van der Waals surface area contributed by atoms with Gasteiger partial charge in [0.1, 0.15) is 6.26 Å². The monoisotopic (exact) mass is 202 g/mol. The summed E-state index contributed by atoms with van der Waals surface area (Å²) in [5.41, 5.74) is 0. The highest BCUT2D eigenvalue weighted by atomic mass is 32.2. The van der Waals surface area contributed by atoms with Crippen LogP contribution in [0, 0.1) is 0 Å². The molecule has 1 atom stereocenters. The molecule has 72 valence electrons. The van der Waals surface area contributed by atoms with E-state index in [1.807, 2.05) is 0 Å². The molecule has 0 radical (unpaired) electrons. The third-order valence-electron chi connectivity index (χ3n) is 1.97. The van der Waals surface area contributed by atoms with Crippen molar-refractivity contribution in [3.05, 3.63) is 18.4 Å². The van der Waals surface area contributed by atoms with E-state index in [2.05, 4.69) is 10.3 Å². The van der Waals surface area contributed by atoms with E-state index in [1.54, 1.807) is 0 Å². The van der Waals surface area contributed by atoms with Gasteiger partial charge in [0, 0.05) is 6.54 Å². The van der Waals surface area contributed by atoms with Gasteiger partial charge in [-0.15, -0.1) is 0 Å². The van der Waals surface area contributed by atoms with Crippen LogP contribution in [-0.4, -0.2) is 31.5 Å². The van der Waals surface area contributed by atoms with Gasteiger partial charge in [0.15, 0.2) is 9.84 Å². The van der Waals surface area contributed by atoms with Crippen LogP contribution in [0.1, 0.15) is 11.9 Å². The van der Waals surface area contributed by atoms with Crippen LogP contribution in [0.25, 0.3) is 0 Å². The smallest absolute Gasteiger partial charge is 0.212 e. The average Bonchev–Trinajstić information content (AvgIpc) is 2.53. The Labute approximate surface area is 76.1 Å². The Morgan fingerprint density at radius 1 is 1.62 bits per heavy atom. The Balaban J connectivity index is 2.18. The van der Waals surface area contributed by atoms with E-state index in [-0.39, 0.29) is 17.5 Å². The van der Waals surface area contributed by atoms with Crippen LogP contribution < -0.4 is 5.32 Å². The van der Waals surface area contributed by atoms with Gasteiger partial charge in [-0.25, -0.2) is 13.4 Å². The lowest BCUT2D eigenvalue weighted by Gasteiger charge is -2.20.